The molecule has 0 atom stereocenters. The largest absolute Gasteiger partial charge is 0.508 e. The van der Waals surface area contributed by atoms with Gasteiger partial charge >= 0.3 is 0 Å². The Bertz CT molecular complexity index is 940. The van der Waals surface area contributed by atoms with Crippen molar-refractivity contribution in [3.63, 3.8) is 0 Å². The first-order chi connectivity index (χ1) is 13.3. The van der Waals surface area contributed by atoms with E-state index in [0.717, 1.165) is 5.69 Å². The van der Waals surface area contributed by atoms with E-state index < -0.39 is 3.79 Å². The van der Waals surface area contributed by atoms with E-state index in [0.29, 0.717) is 22.8 Å². The molecule has 0 unspecified atom stereocenters. The van der Waals surface area contributed by atoms with E-state index in [4.69, 9.17) is 56.5 Å². The highest BCUT2D eigenvalue weighted by atomic mass is 35.6. The van der Waals surface area contributed by atoms with Crippen molar-refractivity contribution in [2.45, 2.75) is 3.79 Å². The summed E-state index contributed by atoms with van der Waals surface area (Å²) in [6.07, 6.45) is 0. The van der Waals surface area contributed by atoms with Crippen LogP contribution in [0.1, 0.15) is 5.56 Å². The molecule has 0 aromatic heterocycles. The number of alkyl halides is 3. The van der Waals surface area contributed by atoms with Crippen molar-refractivity contribution in [1.82, 2.24) is 0 Å². The lowest BCUT2D eigenvalue weighted by Crippen LogP contribution is -2.16. The minimum absolute atomic E-state index is 0.156. The van der Waals surface area contributed by atoms with Gasteiger partial charge in [-0.15, -0.1) is 0 Å². The summed E-state index contributed by atoms with van der Waals surface area (Å²) in [5.74, 6) is 1.93. The highest BCUT2D eigenvalue weighted by Crippen LogP contribution is 2.38. The van der Waals surface area contributed by atoms with Crippen LogP contribution in [0.5, 0.6) is 23.0 Å². The molecule has 0 aliphatic carbocycles. The smallest absolute Gasteiger partial charge is 0.266 e. The average Bonchev–Trinajstić information content (AvgIpc) is 2.65. The molecule has 0 saturated heterocycles. The molecule has 0 radical (unpaired) electrons. The number of benzene rings is 3. The van der Waals surface area contributed by atoms with E-state index in [1.165, 1.54) is 12.1 Å². The second-order valence-electron chi connectivity index (χ2n) is 5.66. The van der Waals surface area contributed by atoms with E-state index in [1.807, 2.05) is 0 Å². The van der Waals surface area contributed by atoms with E-state index in [1.54, 1.807) is 60.7 Å². The summed E-state index contributed by atoms with van der Waals surface area (Å²) in [7, 11) is 0. The first-order valence-corrected chi connectivity index (χ1v) is 9.57. The normalized spacial score (nSPS) is 11.0. The number of nitrogens with one attached hydrogen (secondary N) is 1. The van der Waals surface area contributed by atoms with E-state index in [9.17, 15) is 5.11 Å². The van der Waals surface area contributed by atoms with Gasteiger partial charge in [-0.25, -0.2) is 0 Å². The van der Waals surface area contributed by atoms with Gasteiger partial charge in [0.15, 0.2) is 0 Å². The molecular formula is C20H14Cl3NO3S. The van der Waals surface area contributed by atoms with Gasteiger partial charge < -0.3 is 19.9 Å². The monoisotopic (exact) mass is 453 g/mol. The summed E-state index contributed by atoms with van der Waals surface area (Å²) >= 11 is 22.7. The van der Waals surface area contributed by atoms with Crippen LogP contribution < -0.4 is 14.8 Å². The number of phenolic OH excluding ortho intramolecular Hbond substituents is 1. The zero-order valence-electron chi connectivity index (χ0n) is 14.2. The second-order valence-corrected chi connectivity index (χ2v) is 8.31. The lowest BCUT2D eigenvalue weighted by Gasteiger charge is -2.13. The third kappa shape index (κ3) is 5.91. The molecule has 0 bridgehead atoms. The van der Waals surface area contributed by atoms with Crippen LogP contribution in [0.4, 0.5) is 5.69 Å². The first-order valence-electron chi connectivity index (χ1n) is 8.03. The molecule has 0 aliphatic heterocycles. The Hall–Kier alpha value is -2.18. The summed E-state index contributed by atoms with van der Waals surface area (Å²) in [6.45, 7) is 0. The zero-order valence-corrected chi connectivity index (χ0v) is 17.3. The van der Waals surface area contributed by atoms with Gasteiger partial charge in [0.2, 0.25) is 3.79 Å². The van der Waals surface area contributed by atoms with Gasteiger partial charge in [0.05, 0.1) is 0 Å². The van der Waals surface area contributed by atoms with Crippen molar-refractivity contribution in [3.05, 3.63) is 78.4 Å². The summed E-state index contributed by atoms with van der Waals surface area (Å²) in [5, 5.41) is 12.4. The SMILES string of the molecule is Oc1ccc(OC(=S)Nc2ccc(Oc3ccc(C(Cl)(Cl)Cl)cc3)cc2)cc1. The maximum absolute atomic E-state index is 9.27. The molecule has 2 N–H and O–H groups in total. The van der Waals surface area contributed by atoms with Crippen molar-refractivity contribution < 1.29 is 14.6 Å². The van der Waals surface area contributed by atoms with Crippen molar-refractivity contribution in [2.24, 2.45) is 0 Å². The number of thiocarbonyl (C=S) groups is 1. The van der Waals surface area contributed by atoms with Gasteiger partial charge in [-0.2, -0.15) is 0 Å². The molecule has 3 aromatic rings. The Morgan fingerprint density at radius 3 is 1.82 bits per heavy atom. The number of rotatable bonds is 4. The molecule has 0 aliphatic rings. The van der Waals surface area contributed by atoms with Gasteiger partial charge in [-0.1, -0.05) is 46.9 Å². The number of hydrogen-bond donors (Lipinski definition) is 2. The third-order valence-corrected chi connectivity index (χ3v) is 4.41. The summed E-state index contributed by atoms with van der Waals surface area (Å²) in [4.78, 5) is 0. The maximum Gasteiger partial charge on any atom is 0.266 e. The van der Waals surface area contributed by atoms with Crippen LogP contribution >= 0.6 is 47.0 Å². The van der Waals surface area contributed by atoms with Crippen LogP contribution in [0.3, 0.4) is 0 Å². The molecule has 0 fully saturated rings. The molecule has 28 heavy (non-hydrogen) atoms. The average molecular weight is 455 g/mol. The van der Waals surface area contributed by atoms with Crippen LogP contribution in [0.25, 0.3) is 0 Å². The van der Waals surface area contributed by atoms with Gasteiger partial charge in [0.25, 0.3) is 5.17 Å². The number of ether oxygens (including phenoxy) is 2. The maximum atomic E-state index is 9.27. The van der Waals surface area contributed by atoms with Gasteiger partial charge in [0, 0.05) is 11.3 Å². The van der Waals surface area contributed by atoms with Crippen LogP contribution in [0, 0.1) is 0 Å². The van der Waals surface area contributed by atoms with Gasteiger partial charge in [0.1, 0.15) is 23.0 Å². The topological polar surface area (TPSA) is 50.7 Å². The van der Waals surface area contributed by atoms with Crippen molar-refractivity contribution >= 4 is 57.9 Å². The Morgan fingerprint density at radius 2 is 1.29 bits per heavy atom. The first kappa shape index (κ1) is 20.6. The molecule has 4 nitrogen and oxygen atoms in total. The Morgan fingerprint density at radius 1 is 0.786 bits per heavy atom. The highest BCUT2D eigenvalue weighted by Gasteiger charge is 2.22. The van der Waals surface area contributed by atoms with Crippen molar-refractivity contribution in [1.29, 1.82) is 0 Å². The molecule has 144 valence electrons. The van der Waals surface area contributed by atoms with E-state index in [2.05, 4.69) is 5.32 Å². The number of anilines is 1. The summed E-state index contributed by atoms with van der Waals surface area (Å²) in [5.41, 5.74) is 1.30. The zero-order chi connectivity index (χ0) is 20.1. The number of phenols is 1. The summed E-state index contributed by atoms with van der Waals surface area (Å²) < 4.78 is 9.79. The molecule has 3 rings (SSSR count). The Labute approximate surface area is 182 Å². The Balaban J connectivity index is 1.57. The van der Waals surface area contributed by atoms with Crippen LogP contribution in [0.15, 0.2) is 72.8 Å². The highest BCUT2D eigenvalue weighted by molar-refractivity contribution is 7.80. The minimum atomic E-state index is -1.47. The van der Waals surface area contributed by atoms with Crippen molar-refractivity contribution in [3.8, 4) is 23.0 Å². The quantitative estimate of drug-likeness (QED) is 0.336. The summed E-state index contributed by atoms with van der Waals surface area (Å²) in [6, 6.07) is 20.3. The molecule has 0 amide bonds. The Kier molecular flexibility index (Phi) is 6.52. The fourth-order valence-electron chi connectivity index (χ4n) is 2.22. The number of hydrogen-bond acceptors (Lipinski definition) is 4. The fraction of sp³-hybridized carbons (Fsp3) is 0.0500. The predicted molar refractivity (Wildman–Crippen MR) is 117 cm³/mol. The molecular weight excluding hydrogens is 441 g/mol. The second kappa shape index (κ2) is 8.88. The van der Waals surface area contributed by atoms with E-state index >= 15 is 0 Å². The fourth-order valence-corrected chi connectivity index (χ4v) is 2.81. The predicted octanol–water partition coefficient (Wildman–Crippen LogP) is 6.79. The number of aromatic hydroxyl groups is 1. The molecule has 3 aromatic carbocycles. The van der Waals surface area contributed by atoms with Crippen LogP contribution in [0.2, 0.25) is 0 Å². The lowest BCUT2D eigenvalue weighted by molar-refractivity contribution is 0.473. The number of halogens is 3. The van der Waals surface area contributed by atoms with Gasteiger partial charge in [-0.3, -0.25) is 0 Å². The van der Waals surface area contributed by atoms with Crippen LogP contribution in [-0.4, -0.2) is 10.3 Å². The van der Waals surface area contributed by atoms with Crippen LogP contribution in [-0.2, 0) is 3.79 Å². The molecule has 0 saturated carbocycles. The third-order valence-electron chi connectivity index (χ3n) is 3.57. The molecule has 0 heterocycles. The van der Waals surface area contributed by atoms with E-state index in [-0.39, 0.29) is 10.9 Å². The van der Waals surface area contributed by atoms with Gasteiger partial charge in [-0.05, 0) is 72.9 Å². The van der Waals surface area contributed by atoms with Crippen molar-refractivity contribution in [2.75, 3.05) is 5.32 Å². The standard InChI is InChI=1S/C20H14Cl3NO3S/c21-20(22,23)13-1-7-16(8-2-13)26-17-9-3-14(4-10-17)24-19(28)27-18-11-5-15(25)6-12-18/h1-12,25H,(H,24,28). The molecule has 8 heteroatoms. The molecule has 0 spiro atoms. The minimum Gasteiger partial charge on any atom is -0.508 e. The lowest BCUT2D eigenvalue weighted by atomic mass is 10.2.